The number of hydrogen-bond donors (Lipinski definition) is 2. The molecule has 3 nitrogen and oxygen atoms in total. The van der Waals surface area contributed by atoms with Crippen LogP contribution in [0.15, 0.2) is 30.3 Å². The van der Waals surface area contributed by atoms with Crippen molar-refractivity contribution in [1.29, 1.82) is 0 Å². The highest BCUT2D eigenvalue weighted by Gasteiger charge is 2.31. The summed E-state index contributed by atoms with van der Waals surface area (Å²) in [6.45, 7) is 1.57. The van der Waals surface area contributed by atoms with Gasteiger partial charge in [-0.05, 0) is 18.5 Å². The van der Waals surface area contributed by atoms with Crippen molar-refractivity contribution in [3.05, 3.63) is 35.9 Å². The van der Waals surface area contributed by atoms with E-state index < -0.39 is 5.97 Å². The Labute approximate surface area is 101 Å². The lowest BCUT2D eigenvalue weighted by Crippen LogP contribution is -2.38. The number of aliphatic carboxylic acids is 1. The lowest BCUT2D eigenvalue weighted by atomic mass is 9.81. The first-order valence-electron chi connectivity index (χ1n) is 5.27. The first-order chi connectivity index (χ1) is 7.29. The average Bonchev–Trinajstić information content (AvgIpc) is 2.30. The molecule has 88 valence electrons. The highest BCUT2D eigenvalue weighted by atomic mass is 35.5. The molecule has 2 rings (SSSR count). The minimum atomic E-state index is -0.676. The maximum absolute atomic E-state index is 11.1. The van der Waals surface area contributed by atoms with Crippen LogP contribution in [0.3, 0.4) is 0 Å². The maximum Gasteiger partial charge on any atom is 0.307 e. The molecule has 1 heterocycles. The van der Waals surface area contributed by atoms with Crippen molar-refractivity contribution in [3.8, 4) is 0 Å². The molecule has 0 radical (unpaired) electrons. The molecular weight excluding hydrogens is 226 g/mol. The average molecular weight is 242 g/mol. The Kier molecular flexibility index (Phi) is 4.77. The molecule has 2 N–H and O–H groups in total. The third-order valence-corrected chi connectivity index (χ3v) is 3.03. The van der Waals surface area contributed by atoms with E-state index in [1.54, 1.807) is 0 Å². The molecule has 0 aliphatic carbocycles. The lowest BCUT2D eigenvalue weighted by molar-refractivity contribution is -0.143. The second-order valence-corrected chi connectivity index (χ2v) is 3.95. The number of carboxylic acid groups (broad SMARTS) is 1. The quantitative estimate of drug-likeness (QED) is 0.831. The minimum absolute atomic E-state index is 0. The molecule has 2 atom stereocenters. The lowest BCUT2D eigenvalue weighted by Gasteiger charge is -2.29. The summed E-state index contributed by atoms with van der Waals surface area (Å²) >= 11 is 0. The van der Waals surface area contributed by atoms with E-state index in [0.717, 1.165) is 25.1 Å². The van der Waals surface area contributed by atoms with Crippen molar-refractivity contribution >= 4 is 18.4 Å². The van der Waals surface area contributed by atoms with E-state index >= 15 is 0 Å². The Hall–Kier alpha value is -1.06. The van der Waals surface area contributed by atoms with Crippen LogP contribution in [-0.4, -0.2) is 24.2 Å². The standard InChI is InChI=1S/C12H15NO2.ClH/c14-12(15)10-6-7-13-8-11(10)9-4-2-1-3-5-9;/h1-5,10-11,13H,6-8H2,(H,14,15);1H/t10-,11-;/m1./s1. The summed E-state index contributed by atoms with van der Waals surface area (Å²) in [4.78, 5) is 11.1. The van der Waals surface area contributed by atoms with Crippen LogP contribution in [0, 0.1) is 5.92 Å². The fraction of sp³-hybridized carbons (Fsp3) is 0.417. The van der Waals surface area contributed by atoms with Crippen LogP contribution in [0.4, 0.5) is 0 Å². The second kappa shape index (κ2) is 5.87. The van der Waals surface area contributed by atoms with Gasteiger partial charge in [0.05, 0.1) is 5.92 Å². The zero-order valence-electron chi connectivity index (χ0n) is 8.93. The highest BCUT2D eigenvalue weighted by Crippen LogP contribution is 2.29. The third-order valence-electron chi connectivity index (χ3n) is 3.03. The fourth-order valence-corrected chi connectivity index (χ4v) is 2.20. The molecule has 0 unspecified atom stereocenters. The maximum atomic E-state index is 11.1. The molecule has 0 spiro atoms. The first kappa shape index (κ1) is 13.0. The van der Waals surface area contributed by atoms with E-state index in [-0.39, 0.29) is 24.2 Å². The molecule has 1 aromatic rings. The van der Waals surface area contributed by atoms with Gasteiger partial charge in [0.1, 0.15) is 0 Å². The molecule has 0 amide bonds. The highest BCUT2D eigenvalue weighted by molar-refractivity contribution is 5.85. The van der Waals surface area contributed by atoms with Crippen LogP contribution >= 0.6 is 12.4 Å². The number of carboxylic acids is 1. The number of piperidine rings is 1. The molecule has 1 aromatic carbocycles. The molecular formula is C12H16ClNO2. The molecule has 1 saturated heterocycles. The first-order valence-corrected chi connectivity index (χ1v) is 5.27. The Morgan fingerprint density at radius 1 is 1.31 bits per heavy atom. The molecule has 1 fully saturated rings. The SMILES string of the molecule is Cl.O=C(O)[C@@H]1CCNC[C@@H]1c1ccccc1. The van der Waals surface area contributed by atoms with Crippen molar-refractivity contribution in [1.82, 2.24) is 5.32 Å². The monoisotopic (exact) mass is 241 g/mol. The van der Waals surface area contributed by atoms with E-state index in [1.165, 1.54) is 0 Å². The van der Waals surface area contributed by atoms with Gasteiger partial charge in [0.25, 0.3) is 0 Å². The zero-order valence-corrected chi connectivity index (χ0v) is 9.74. The van der Waals surface area contributed by atoms with Crippen LogP contribution in [0.25, 0.3) is 0 Å². The third kappa shape index (κ3) is 2.74. The summed E-state index contributed by atoms with van der Waals surface area (Å²) in [6.07, 6.45) is 0.717. The van der Waals surface area contributed by atoms with Crippen LogP contribution in [-0.2, 0) is 4.79 Å². The van der Waals surface area contributed by atoms with E-state index in [1.807, 2.05) is 30.3 Å². The summed E-state index contributed by atoms with van der Waals surface area (Å²) in [6, 6.07) is 9.89. The van der Waals surface area contributed by atoms with Crippen molar-refractivity contribution in [2.45, 2.75) is 12.3 Å². The molecule has 16 heavy (non-hydrogen) atoms. The normalized spacial score (nSPS) is 24.5. The summed E-state index contributed by atoms with van der Waals surface area (Å²) in [5.74, 6) is -0.809. The fourth-order valence-electron chi connectivity index (χ4n) is 2.20. The summed E-state index contributed by atoms with van der Waals surface area (Å²) in [7, 11) is 0. The molecule has 0 bridgehead atoms. The van der Waals surface area contributed by atoms with Crippen molar-refractivity contribution in [2.24, 2.45) is 5.92 Å². The molecule has 1 aliphatic rings. The predicted octanol–water partition coefficient (Wildman–Crippen LogP) is 1.89. The molecule has 0 saturated carbocycles. The number of hydrogen-bond acceptors (Lipinski definition) is 2. The molecule has 0 aromatic heterocycles. The van der Waals surface area contributed by atoms with Crippen LogP contribution in [0.2, 0.25) is 0 Å². The van der Waals surface area contributed by atoms with Crippen molar-refractivity contribution in [3.63, 3.8) is 0 Å². The largest absolute Gasteiger partial charge is 0.481 e. The number of carbonyl (C=O) groups is 1. The minimum Gasteiger partial charge on any atom is -0.481 e. The van der Waals surface area contributed by atoms with Gasteiger partial charge < -0.3 is 10.4 Å². The number of rotatable bonds is 2. The summed E-state index contributed by atoms with van der Waals surface area (Å²) < 4.78 is 0. The van der Waals surface area contributed by atoms with E-state index in [9.17, 15) is 4.79 Å². The van der Waals surface area contributed by atoms with Gasteiger partial charge in [0.2, 0.25) is 0 Å². The van der Waals surface area contributed by atoms with Gasteiger partial charge in [-0.25, -0.2) is 0 Å². The van der Waals surface area contributed by atoms with E-state index in [2.05, 4.69) is 5.32 Å². The number of nitrogens with one attached hydrogen (secondary N) is 1. The van der Waals surface area contributed by atoms with Gasteiger partial charge in [-0.15, -0.1) is 12.4 Å². The summed E-state index contributed by atoms with van der Waals surface area (Å²) in [5.41, 5.74) is 1.12. The van der Waals surface area contributed by atoms with Gasteiger partial charge >= 0.3 is 5.97 Å². The van der Waals surface area contributed by atoms with E-state index in [0.29, 0.717) is 0 Å². The smallest absolute Gasteiger partial charge is 0.307 e. The zero-order chi connectivity index (χ0) is 10.7. The van der Waals surface area contributed by atoms with Crippen LogP contribution in [0.5, 0.6) is 0 Å². The van der Waals surface area contributed by atoms with Gasteiger partial charge in [0.15, 0.2) is 0 Å². The number of halogens is 1. The predicted molar refractivity (Wildman–Crippen MR) is 65.0 cm³/mol. The second-order valence-electron chi connectivity index (χ2n) is 3.95. The van der Waals surface area contributed by atoms with E-state index in [4.69, 9.17) is 5.11 Å². The molecule has 4 heteroatoms. The Morgan fingerprint density at radius 3 is 2.62 bits per heavy atom. The van der Waals surface area contributed by atoms with Gasteiger partial charge in [-0.2, -0.15) is 0 Å². The van der Waals surface area contributed by atoms with Crippen LogP contribution < -0.4 is 5.32 Å². The van der Waals surface area contributed by atoms with Gasteiger partial charge in [0, 0.05) is 12.5 Å². The van der Waals surface area contributed by atoms with Crippen LogP contribution in [0.1, 0.15) is 17.9 Å². The Morgan fingerprint density at radius 2 is 2.00 bits per heavy atom. The van der Waals surface area contributed by atoms with Gasteiger partial charge in [-0.1, -0.05) is 30.3 Å². The van der Waals surface area contributed by atoms with Gasteiger partial charge in [-0.3, -0.25) is 4.79 Å². The summed E-state index contributed by atoms with van der Waals surface area (Å²) in [5, 5.41) is 12.4. The Bertz CT molecular complexity index is 342. The topological polar surface area (TPSA) is 49.3 Å². The Balaban J connectivity index is 0.00000128. The van der Waals surface area contributed by atoms with Crippen molar-refractivity contribution in [2.75, 3.05) is 13.1 Å². The van der Waals surface area contributed by atoms with Crippen molar-refractivity contribution < 1.29 is 9.90 Å². The molecule has 1 aliphatic heterocycles. The number of benzene rings is 1.